The number of fused-ring (bicyclic) bond motifs is 1. The molecular formula is C7H10N2S. The molecule has 0 bridgehead atoms. The molecule has 54 valence electrons. The van der Waals surface area contributed by atoms with Crippen LogP contribution in [0.5, 0.6) is 0 Å². The van der Waals surface area contributed by atoms with Crippen molar-refractivity contribution < 1.29 is 0 Å². The normalized spacial score (nSPS) is 16.2. The zero-order valence-corrected chi connectivity index (χ0v) is 6.98. The molecule has 0 unspecified atom stereocenters. The first-order valence-electron chi connectivity index (χ1n) is 3.27. The molecule has 0 radical (unpaired) electrons. The maximum Gasteiger partial charge on any atom is 0.0898 e. The van der Waals surface area contributed by atoms with Gasteiger partial charge in [0.05, 0.1) is 18.0 Å². The maximum atomic E-state index is 2.26. The first kappa shape index (κ1) is 6.04. The minimum atomic E-state index is 1.03. The number of hydrogen-bond donors (Lipinski definition) is 0. The molecule has 0 spiro atoms. The number of thiophene rings is 1. The van der Waals surface area contributed by atoms with Crippen LogP contribution in [0.1, 0.15) is 0 Å². The van der Waals surface area contributed by atoms with E-state index >= 15 is 0 Å². The molecule has 10 heavy (non-hydrogen) atoms. The Bertz CT molecular complexity index is 221. The summed E-state index contributed by atoms with van der Waals surface area (Å²) in [5.41, 5.74) is 2.74. The zero-order valence-electron chi connectivity index (χ0n) is 6.16. The molecule has 2 rings (SSSR count). The highest BCUT2D eigenvalue weighted by atomic mass is 32.1. The average molecular weight is 154 g/mol. The third-order valence-corrected chi connectivity index (χ3v) is 2.59. The minimum Gasteiger partial charge on any atom is -0.355 e. The molecule has 1 aliphatic rings. The van der Waals surface area contributed by atoms with E-state index in [4.69, 9.17) is 0 Å². The third kappa shape index (κ3) is 0.639. The van der Waals surface area contributed by atoms with Crippen LogP contribution in [0.25, 0.3) is 0 Å². The molecule has 0 N–H and O–H groups in total. The molecule has 1 aromatic rings. The fourth-order valence-corrected chi connectivity index (χ4v) is 2.25. The fourth-order valence-electron chi connectivity index (χ4n) is 1.33. The highest BCUT2D eigenvalue weighted by Gasteiger charge is 2.19. The number of rotatable bonds is 0. The average Bonchev–Trinajstić information content (AvgIpc) is 2.39. The summed E-state index contributed by atoms with van der Waals surface area (Å²) in [6, 6.07) is 0. The summed E-state index contributed by atoms with van der Waals surface area (Å²) in [7, 11) is 4.24. The Kier molecular flexibility index (Phi) is 1.14. The molecule has 0 amide bonds. The number of nitrogens with zero attached hydrogens (tertiary/aromatic N) is 2. The molecule has 0 aliphatic carbocycles. The van der Waals surface area contributed by atoms with E-state index in [1.54, 1.807) is 11.3 Å². The van der Waals surface area contributed by atoms with Crippen LogP contribution in [0.2, 0.25) is 0 Å². The van der Waals surface area contributed by atoms with E-state index in [1.807, 2.05) is 0 Å². The van der Waals surface area contributed by atoms with Crippen LogP contribution >= 0.6 is 11.3 Å². The Hall–Kier alpha value is -0.700. The van der Waals surface area contributed by atoms with E-state index in [9.17, 15) is 0 Å². The van der Waals surface area contributed by atoms with Crippen molar-refractivity contribution in [3.63, 3.8) is 0 Å². The van der Waals surface area contributed by atoms with Gasteiger partial charge in [-0.05, 0) is 0 Å². The maximum absolute atomic E-state index is 2.26. The van der Waals surface area contributed by atoms with E-state index in [-0.39, 0.29) is 0 Å². The predicted molar refractivity (Wildman–Crippen MR) is 46.0 cm³/mol. The highest BCUT2D eigenvalue weighted by molar-refractivity contribution is 7.09. The summed E-state index contributed by atoms with van der Waals surface area (Å²) < 4.78 is 0. The van der Waals surface area contributed by atoms with Crippen molar-refractivity contribution in [2.45, 2.75) is 0 Å². The molecule has 3 heteroatoms. The van der Waals surface area contributed by atoms with Crippen LogP contribution in [0.4, 0.5) is 11.4 Å². The van der Waals surface area contributed by atoms with Crippen molar-refractivity contribution in [1.82, 2.24) is 0 Å². The molecular weight excluding hydrogens is 144 g/mol. The van der Waals surface area contributed by atoms with Crippen molar-refractivity contribution in [3.05, 3.63) is 10.8 Å². The Balaban J connectivity index is 2.48. The van der Waals surface area contributed by atoms with Crippen molar-refractivity contribution in [2.75, 3.05) is 30.6 Å². The molecule has 0 atom stereocenters. The van der Waals surface area contributed by atoms with Gasteiger partial charge >= 0.3 is 0 Å². The Morgan fingerprint density at radius 1 is 1.20 bits per heavy atom. The van der Waals surface area contributed by atoms with Gasteiger partial charge in [-0.3, -0.25) is 0 Å². The topological polar surface area (TPSA) is 6.48 Å². The number of anilines is 2. The van der Waals surface area contributed by atoms with Crippen molar-refractivity contribution in [2.24, 2.45) is 0 Å². The number of hydrogen-bond acceptors (Lipinski definition) is 3. The van der Waals surface area contributed by atoms with Crippen LogP contribution in [-0.4, -0.2) is 20.8 Å². The van der Waals surface area contributed by atoms with Crippen LogP contribution in [0.3, 0.4) is 0 Å². The summed E-state index contributed by atoms with van der Waals surface area (Å²) in [5.74, 6) is 0. The smallest absolute Gasteiger partial charge is 0.0898 e. The van der Waals surface area contributed by atoms with E-state index in [0.29, 0.717) is 0 Å². The van der Waals surface area contributed by atoms with Gasteiger partial charge in [-0.2, -0.15) is 0 Å². The largest absolute Gasteiger partial charge is 0.355 e. The Morgan fingerprint density at radius 3 is 2.20 bits per heavy atom. The molecule has 2 heterocycles. The second kappa shape index (κ2) is 1.89. The molecule has 2 nitrogen and oxygen atoms in total. The Morgan fingerprint density at radius 2 is 1.70 bits per heavy atom. The monoisotopic (exact) mass is 154 g/mol. The SMILES string of the molecule is CN1CN(C)c2cscc21. The predicted octanol–water partition coefficient (Wildman–Crippen LogP) is 1.59. The van der Waals surface area contributed by atoms with Gasteiger partial charge in [-0.1, -0.05) is 0 Å². The zero-order chi connectivity index (χ0) is 7.14. The summed E-state index contributed by atoms with van der Waals surface area (Å²) in [6.07, 6.45) is 0. The lowest BCUT2D eigenvalue weighted by molar-refractivity contribution is 0.916. The van der Waals surface area contributed by atoms with Gasteiger partial charge in [-0.15, -0.1) is 11.3 Å². The second-order valence-corrected chi connectivity index (χ2v) is 3.42. The lowest BCUT2D eigenvalue weighted by Crippen LogP contribution is -2.24. The summed E-state index contributed by atoms with van der Waals surface area (Å²) in [4.78, 5) is 4.51. The van der Waals surface area contributed by atoms with Gasteiger partial charge in [0.15, 0.2) is 0 Å². The van der Waals surface area contributed by atoms with E-state index < -0.39 is 0 Å². The van der Waals surface area contributed by atoms with Crippen LogP contribution in [0, 0.1) is 0 Å². The summed E-state index contributed by atoms with van der Waals surface area (Å²) in [6.45, 7) is 1.03. The Labute approximate surface area is 64.7 Å². The van der Waals surface area contributed by atoms with Gasteiger partial charge in [0.1, 0.15) is 0 Å². The second-order valence-electron chi connectivity index (χ2n) is 2.68. The molecule has 0 saturated heterocycles. The van der Waals surface area contributed by atoms with Crippen LogP contribution < -0.4 is 9.80 Å². The molecule has 1 aromatic heterocycles. The van der Waals surface area contributed by atoms with Gasteiger partial charge in [0, 0.05) is 24.9 Å². The summed E-state index contributed by atoms with van der Waals surface area (Å²) in [5, 5.41) is 4.39. The van der Waals surface area contributed by atoms with E-state index in [2.05, 4.69) is 34.7 Å². The van der Waals surface area contributed by atoms with E-state index in [1.165, 1.54) is 11.4 Å². The third-order valence-electron chi connectivity index (χ3n) is 1.87. The quantitative estimate of drug-likeness (QED) is 0.560. The van der Waals surface area contributed by atoms with Gasteiger partial charge in [-0.25, -0.2) is 0 Å². The minimum absolute atomic E-state index is 1.03. The molecule has 1 aliphatic heterocycles. The molecule has 0 saturated carbocycles. The van der Waals surface area contributed by atoms with Gasteiger partial charge in [0.25, 0.3) is 0 Å². The van der Waals surface area contributed by atoms with Crippen molar-refractivity contribution in [3.8, 4) is 0 Å². The fraction of sp³-hybridized carbons (Fsp3) is 0.429. The lowest BCUT2D eigenvalue weighted by atomic mass is 10.4. The highest BCUT2D eigenvalue weighted by Crippen LogP contribution is 2.36. The molecule has 0 aromatic carbocycles. The lowest BCUT2D eigenvalue weighted by Gasteiger charge is -2.12. The summed E-state index contributed by atoms with van der Waals surface area (Å²) >= 11 is 1.77. The van der Waals surface area contributed by atoms with E-state index in [0.717, 1.165) is 6.67 Å². The molecule has 0 fully saturated rings. The standard InChI is InChI=1S/C7H10N2S/c1-8-5-9(2)7-4-10-3-6(7)8/h3-4H,5H2,1-2H3. The van der Waals surface area contributed by atoms with Crippen LogP contribution in [0.15, 0.2) is 10.8 Å². The van der Waals surface area contributed by atoms with Gasteiger partial charge < -0.3 is 9.80 Å². The first-order valence-corrected chi connectivity index (χ1v) is 4.22. The van der Waals surface area contributed by atoms with Crippen molar-refractivity contribution in [1.29, 1.82) is 0 Å². The first-order chi connectivity index (χ1) is 4.79. The van der Waals surface area contributed by atoms with Crippen molar-refractivity contribution >= 4 is 22.7 Å². The van der Waals surface area contributed by atoms with Crippen LogP contribution in [-0.2, 0) is 0 Å². The van der Waals surface area contributed by atoms with Gasteiger partial charge in [0.2, 0.25) is 0 Å².